The smallest absolute Gasteiger partial charge is 0.243 e. The van der Waals surface area contributed by atoms with Crippen molar-refractivity contribution in [2.75, 3.05) is 33.3 Å². The van der Waals surface area contributed by atoms with Gasteiger partial charge in [-0.3, -0.25) is 4.79 Å². The molecule has 0 N–H and O–H groups in total. The minimum Gasteiger partial charge on any atom is -0.497 e. The van der Waals surface area contributed by atoms with E-state index < -0.39 is 10.0 Å². The molecule has 3 rings (SSSR count). The first-order valence-corrected chi connectivity index (χ1v) is 10.7. The number of hydrogen-bond donors (Lipinski definition) is 0. The van der Waals surface area contributed by atoms with E-state index in [-0.39, 0.29) is 5.91 Å². The highest BCUT2D eigenvalue weighted by atomic mass is 32.2. The number of hydrogen-bond acceptors (Lipinski definition) is 4. The van der Waals surface area contributed by atoms with Crippen LogP contribution in [-0.2, 0) is 21.2 Å². The maximum Gasteiger partial charge on any atom is 0.243 e. The summed E-state index contributed by atoms with van der Waals surface area (Å²) in [6.45, 7) is 5.11. The van der Waals surface area contributed by atoms with Crippen LogP contribution in [0.1, 0.15) is 16.7 Å². The summed E-state index contributed by atoms with van der Waals surface area (Å²) in [6.07, 6.45) is 0.299. The fourth-order valence-corrected chi connectivity index (χ4v) is 5.06. The SMILES string of the molecule is COc1ccc(CC(=O)N2CCN(S(=O)(=O)c3cc(C)ccc3C)CC2)cc1. The summed E-state index contributed by atoms with van der Waals surface area (Å²) in [5.41, 5.74) is 2.57. The molecular weight excluding hydrogens is 376 g/mol. The molecule has 0 saturated carbocycles. The van der Waals surface area contributed by atoms with E-state index in [1.807, 2.05) is 43.3 Å². The Bertz CT molecular complexity index is 947. The maximum atomic E-state index is 13.0. The number of aryl methyl sites for hydroxylation is 2. The van der Waals surface area contributed by atoms with Gasteiger partial charge in [0.2, 0.25) is 15.9 Å². The summed E-state index contributed by atoms with van der Waals surface area (Å²) in [4.78, 5) is 14.7. The van der Waals surface area contributed by atoms with Crippen molar-refractivity contribution < 1.29 is 17.9 Å². The van der Waals surface area contributed by atoms with E-state index in [9.17, 15) is 13.2 Å². The minimum absolute atomic E-state index is 0.00829. The third-order valence-corrected chi connectivity index (χ3v) is 7.11. The van der Waals surface area contributed by atoms with Crippen LogP contribution in [0.2, 0.25) is 0 Å². The van der Waals surface area contributed by atoms with Crippen LogP contribution in [0.5, 0.6) is 5.75 Å². The van der Waals surface area contributed by atoms with Gasteiger partial charge in [0.05, 0.1) is 18.4 Å². The zero-order valence-electron chi connectivity index (χ0n) is 16.5. The highest BCUT2D eigenvalue weighted by Gasteiger charge is 2.31. The van der Waals surface area contributed by atoms with Crippen LogP contribution in [0.15, 0.2) is 47.4 Å². The Balaban J connectivity index is 1.63. The second-order valence-electron chi connectivity index (χ2n) is 7.08. The first-order valence-electron chi connectivity index (χ1n) is 9.29. The second kappa shape index (κ2) is 8.32. The number of benzene rings is 2. The Labute approximate surface area is 166 Å². The van der Waals surface area contributed by atoms with Gasteiger partial charge in [0.25, 0.3) is 0 Å². The van der Waals surface area contributed by atoms with Gasteiger partial charge < -0.3 is 9.64 Å². The van der Waals surface area contributed by atoms with E-state index in [0.717, 1.165) is 22.4 Å². The number of piperazine rings is 1. The first-order chi connectivity index (χ1) is 13.3. The number of ether oxygens (including phenoxy) is 1. The lowest BCUT2D eigenvalue weighted by atomic mass is 10.1. The molecule has 2 aromatic carbocycles. The number of amides is 1. The standard InChI is InChI=1S/C21H26N2O4S/c1-16-4-5-17(2)20(14-16)28(25,26)23-12-10-22(11-13-23)21(24)15-18-6-8-19(27-3)9-7-18/h4-9,14H,10-13,15H2,1-3H3. The van der Waals surface area contributed by atoms with Gasteiger partial charge in [0.1, 0.15) is 5.75 Å². The van der Waals surface area contributed by atoms with Crippen molar-refractivity contribution in [1.82, 2.24) is 9.21 Å². The van der Waals surface area contributed by atoms with E-state index in [1.54, 1.807) is 25.0 Å². The van der Waals surface area contributed by atoms with Crippen molar-refractivity contribution in [3.05, 3.63) is 59.2 Å². The molecule has 0 aromatic heterocycles. The van der Waals surface area contributed by atoms with Crippen LogP contribution in [0.3, 0.4) is 0 Å². The average molecular weight is 403 g/mol. The molecule has 1 heterocycles. The van der Waals surface area contributed by atoms with Crippen LogP contribution >= 0.6 is 0 Å². The molecule has 0 aliphatic carbocycles. The molecule has 0 radical (unpaired) electrons. The van der Waals surface area contributed by atoms with E-state index >= 15 is 0 Å². The molecule has 0 bridgehead atoms. The number of sulfonamides is 1. The highest BCUT2D eigenvalue weighted by molar-refractivity contribution is 7.89. The molecule has 1 saturated heterocycles. The van der Waals surface area contributed by atoms with E-state index in [4.69, 9.17) is 4.74 Å². The number of carbonyl (C=O) groups excluding carboxylic acids is 1. The van der Waals surface area contributed by atoms with Crippen molar-refractivity contribution in [2.24, 2.45) is 0 Å². The van der Waals surface area contributed by atoms with Crippen LogP contribution in [0.25, 0.3) is 0 Å². The quantitative estimate of drug-likeness (QED) is 0.770. The highest BCUT2D eigenvalue weighted by Crippen LogP contribution is 2.22. The average Bonchev–Trinajstić information content (AvgIpc) is 2.70. The summed E-state index contributed by atoms with van der Waals surface area (Å²) in [5, 5.41) is 0. The van der Waals surface area contributed by atoms with Gasteiger partial charge in [-0.1, -0.05) is 24.3 Å². The molecule has 0 atom stereocenters. The Morgan fingerprint density at radius 2 is 1.64 bits per heavy atom. The monoisotopic (exact) mass is 402 g/mol. The number of nitrogens with zero attached hydrogens (tertiary/aromatic N) is 2. The summed E-state index contributed by atoms with van der Waals surface area (Å²) >= 11 is 0. The molecule has 7 heteroatoms. The molecule has 1 aliphatic heterocycles. The molecule has 1 aliphatic rings. The van der Waals surface area contributed by atoms with E-state index in [2.05, 4.69) is 0 Å². The van der Waals surface area contributed by atoms with Crippen LogP contribution in [0.4, 0.5) is 0 Å². The summed E-state index contributed by atoms with van der Waals surface area (Å²) in [6, 6.07) is 12.9. The number of carbonyl (C=O) groups is 1. The van der Waals surface area contributed by atoms with Crippen molar-refractivity contribution in [2.45, 2.75) is 25.2 Å². The van der Waals surface area contributed by atoms with Crippen LogP contribution in [0, 0.1) is 13.8 Å². The minimum atomic E-state index is -3.55. The van der Waals surface area contributed by atoms with Gasteiger partial charge >= 0.3 is 0 Å². The van der Waals surface area contributed by atoms with Gasteiger partial charge in [-0.25, -0.2) is 8.42 Å². The predicted molar refractivity (Wildman–Crippen MR) is 108 cm³/mol. The lowest BCUT2D eigenvalue weighted by Crippen LogP contribution is -2.50. The maximum absolute atomic E-state index is 13.0. The lowest BCUT2D eigenvalue weighted by Gasteiger charge is -2.34. The zero-order chi connectivity index (χ0) is 20.3. The van der Waals surface area contributed by atoms with E-state index in [0.29, 0.717) is 37.5 Å². The Hall–Kier alpha value is -2.38. The number of rotatable bonds is 5. The summed E-state index contributed by atoms with van der Waals surface area (Å²) < 4.78 is 32.6. The third-order valence-electron chi connectivity index (χ3n) is 5.07. The van der Waals surface area contributed by atoms with Gasteiger partial charge in [0.15, 0.2) is 0 Å². The number of methoxy groups -OCH3 is 1. The molecule has 2 aromatic rings. The third kappa shape index (κ3) is 4.36. The lowest BCUT2D eigenvalue weighted by molar-refractivity contribution is -0.131. The van der Waals surface area contributed by atoms with Crippen molar-refractivity contribution >= 4 is 15.9 Å². The predicted octanol–water partition coefficient (Wildman–Crippen LogP) is 2.39. The molecule has 28 heavy (non-hydrogen) atoms. The van der Waals surface area contributed by atoms with Gasteiger partial charge in [0, 0.05) is 26.2 Å². The molecular formula is C21H26N2O4S. The second-order valence-corrected chi connectivity index (χ2v) is 8.99. The van der Waals surface area contributed by atoms with Gasteiger partial charge in [-0.05, 0) is 48.7 Å². The summed E-state index contributed by atoms with van der Waals surface area (Å²) in [5.74, 6) is 0.760. The largest absolute Gasteiger partial charge is 0.497 e. The van der Waals surface area contributed by atoms with Gasteiger partial charge in [-0.2, -0.15) is 4.31 Å². The molecule has 1 amide bonds. The molecule has 0 unspecified atom stereocenters. The first kappa shape index (κ1) is 20.4. The van der Waals surface area contributed by atoms with Crippen molar-refractivity contribution in [3.63, 3.8) is 0 Å². The molecule has 6 nitrogen and oxygen atoms in total. The Morgan fingerprint density at radius 3 is 2.25 bits per heavy atom. The molecule has 0 spiro atoms. The van der Waals surface area contributed by atoms with Crippen molar-refractivity contribution in [1.29, 1.82) is 0 Å². The zero-order valence-corrected chi connectivity index (χ0v) is 17.3. The Morgan fingerprint density at radius 1 is 1.00 bits per heavy atom. The summed E-state index contributed by atoms with van der Waals surface area (Å²) in [7, 11) is -1.95. The normalized spacial score (nSPS) is 15.5. The Kier molecular flexibility index (Phi) is 6.05. The fourth-order valence-electron chi connectivity index (χ4n) is 3.33. The topological polar surface area (TPSA) is 66.9 Å². The molecule has 150 valence electrons. The van der Waals surface area contributed by atoms with Crippen LogP contribution < -0.4 is 4.74 Å². The van der Waals surface area contributed by atoms with Gasteiger partial charge in [-0.15, -0.1) is 0 Å². The fraction of sp³-hybridized carbons (Fsp3) is 0.381. The van der Waals surface area contributed by atoms with Crippen molar-refractivity contribution in [3.8, 4) is 5.75 Å². The van der Waals surface area contributed by atoms with Crippen LogP contribution in [-0.4, -0.2) is 56.8 Å². The van der Waals surface area contributed by atoms with E-state index in [1.165, 1.54) is 4.31 Å². The molecule has 1 fully saturated rings.